The van der Waals surface area contributed by atoms with E-state index < -0.39 is 5.91 Å². The summed E-state index contributed by atoms with van der Waals surface area (Å²) in [6.45, 7) is 0. The van der Waals surface area contributed by atoms with Gasteiger partial charge >= 0.3 is 0 Å². The molecule has 0 aliphatic heterocycles. The van der Waals surface area contributed by atoms with Crippen molar-refractivity contribution in [3.63, 3.8) is 0 Å². The van der Waals surface area contributed by atoms with Crippen LogP contribution in [0.1, 0.15) is 0 Å². The van der Waals surface area contributed by atoms with Crippen molar-refractivity contribution >= 4 is 17.7 Å². The van der Waals surface area contributed by atoms with Crippen LogP contribution < -0.4 is 11.3 Å². The Balaban J connectivity index is 2.26. The Hall–Kier alpha value is -2.15. The van der Waals surface area contributed by atoms with E-state index in [9.17, 15) is 9.59 Å². The zero-order chi connectivity index (χ0) is 13.0. The van der Waals surface area contributed by atoms with Crippen molar-refractivity contribution in [2.45, 2.75) is 5.16 Å². The average Bonchev–Trinajstić information content (AvgIpc) is 2.37. The summed E-state index contributed by atoms with van der Waals surface area (Å²) in [6.07, 6.45) is 0. The first-order chi connectivity index (χ1) is 8.66. The molecule has 0 fully saturated rings. The number of carbonyl (C=O) groups is 1. The Labute approximate surface area is 107 Å². The van der Waals surface area contributed by atoms with Gasteiger partial charge in [0.25, 0.3) is 5.56 Å². The van der Waals surface area contributed by atoms with Crippen LogP contribution in [0.25, 0.3) is 11.3 Å². The maximum absolute atomic E-state index is 11.8. The van der Waals surface area contributed by atoms with E-state index >= 15 is 0 Å². The third-order valence-corrected chi connectivity index (χ3v) is 2.96. The molecule has 0 atom stereocenters. The summed E-state index contributed by atoms with van der Waals surface area (Å²) >= 11 is 1.04. The van der Waals surface area contributed by atoms with Crippen molar-refractivity contribution in [3.05, 3.63) is 40.7 Å². The van der Waals surface area contributed by atoms with Gasteiger partial charge in [-0.1, -0.05) is 42.1 Å². The van der Waals surface area contributed by atoms with E-state index in [2.05, 4.69) is 15.2 Å². The van der Waals surface area contributed by atoms with Crippen LogP contribution in [-0.2, 0) is 4.79 Å². The Morgan fingerprint density at radius 3 is 2.61 bits per heavy atom. The largest absolute Gasteiger partial charge is 0.369 e. The second-order valence-corrected chi connectivity index (χ2v) is 4.39. The molecule has 6 nitrogen and oxygen atoms in total. The molecular formula is C11H10N4O2S. The molecule has 0 aliphatic rings. The number of aromatic nitrogens is 3. The van der Waals surface area contributed by atoms with E-state index in [0.29, 0.717) is 5.56 Å². The molecule has 92 valence electrons. The van der Waals surface area contributed by atoms with Gasteiger partial charge in [-0.15, -0.1) is 10.2 Å². The van der Waals surface area contributed by atoms with Gasteiger partial charge in [0.15, 0.2) is 10.9 Å². The molecule has 7 heteroatoms. The molecule has 0 radical (unpaired) electrons. The Morgan fingerprint density at radius 1 is 1.28 bits per heavy atom. The predicted molar refractivity (Wildman–Crippen MR) is 68.0 cm³/mol. The quantitative estimate of drug-likeness (QED) is 0.777. The number of amides is 1. The van der Waals surface area contributed by atoms with E-state index in [0.717, 1.165) is 11.8 Å². The smallest absolute Gasteiger partial charge is 0.278 e. The van der Waals surface area contributed by atoms with Crippen LogP contribution in [-0.4, -0.2) is 26.8 Å². The molecule has 0 aliphatic carbocycles. The van der Waals surface area contributed by atoms with Gasteiger partial charge in [-0.3, -0.25) is 14.6 Å². The maximum atomic E-state index is 11.8. The minimum atomic E-state index is -0.477. The lowest BCUT2D eigenvalue weighted by Crippen LogP contribution is -2.17. The van der Waals surface area contributed by atoms with Crippen molar-refractivity contribution in [1.82, 2.24) is 15.2 Å². The van der Waals surface area contributed by atoms with Crippen molar-refractivity contribution < 1.29 is 4.79 Å². The summed E-state index contributed by atoms with van der Waals surface area (Å²) in [6, 6.07) is 9.02. The second-order valence-electron chi connectivity index (χ2n) is 3.43. The fourth-order valence-electron chi connectivity index (χ4n) is 1.31. The van der Waals surface area contributed by atoms with E-state index in [4.69, 9.17) is 5.73 Å². The summed E-state index contributed by atoms with van der Waals surface area (Å²) in [5, 5.41) is 7.97. The molecule has 1 heterocycles. The number of aromatic amines is 1. The topological polar surface area (TPSA) is 102 Å². The average molecular weight is 262 g/mol. The van der Waals surface area contributed by atoms with Crippen LogP contribution in [0.3, 0.4) is 0 Å². The summed E-state index contributed by atoms with van der Waals surface area (Å²) in [7, 11) is 0. The summed E-state index contributed by atoms with van der Waals surface area (Å²) in [5.74, 6) is -0.426. The molecular weight excluding hydrogens is 252 g/mol. The molecule has 0 saturated carbocycles. The molecule has 0 spiro atoms. The van der Waals surface area contributed by atoms with E-state index in [1.165, 1.54) is 0 Å². The second kappa shape index (κ2) is 5.46. The first-order valence-corrected chi connectivity index (χ1v) is 6.09. The Morgan fingerprint density at radius 2 is 2.00 bits per heavy atom. The van der Waals surface area contributed by atoms with Crippen LogP contribution in [0.4, 0.5) is 0 Å². The first-order valence-electron chi connectivity index (χ1n) is 5.10. The van der Waals surface area contributed by atoms with Gasteiger partial charge in [-0.05, 0) is 0 Å². The van der Waals surface area contributed by atoms with Gasteiger partial charge < -0.3 is 5.73 Å². The van der Waals surface area contributed by atoms with Gasteiger partial charge in [-0.25, -0.2) is 0 Å². The maximum Gasteiger partial charge on any atom is 0.278 e. The fraction of sp³-hybridized carbons (Fsp3) is 0.0909. The van der Waals surface area contributed by atoms with Gasteiger partial charge in [0.1, 0.15) is 0 Å². The van der Waals surface area contributed by atoms with E-state index in [1.807, 2.05) is 18.2 Å². The Kier molecular flexibility index (Phi) is 3.73. The SMILES string of the molecule is NC(=O)CSc1nnc(-c2ccccc2)c(=O)[nH]1. The molecule has 2 rings (SSSR count). The lowest BCUT2D eigenvalue weighted by molar-refractivity contribution is -0.115. The minimum absolute atomic E-state index is 0.0509. The molecule has 1 aromatic carbocycles. The number of benzene rings is 1. The van der Waals surface area contributed by atoms with Crippen molar-refractivity contribution in [3.8, 4) is 11.3 Å². The number of nitrogens with two attached hydrogens (primary N) is 1. The van der Waals surface area contributed by atoms with Crippen LogP contribution in [0, 0.1) is 0 Å². The molecule has 0 unspecified atom stereocenters. The molecule has 0 bridgehead atoms. The third kappa shape index (κ3) is 2.95. The fourth-order valence-corrected chi connectivity index (χ4v) is 1.85. The summed E-state index contributed by atoms with van der Waals surface area (Å²) in [4.78, 5) is 25.0. The number of carbonyl (C=O) groups excluding carboxylic acids is 1. The highest BCUT2D eigenvalue weighted by Gasteiger charge is 2.07. The monoisotopic (exact) mass is 262 g/mol. The van der Waals surface area contributed by atoms with Gasteiger partial charge in [0.05, 0.1) is 5.75 Å². The number of thioether (sulfide) groups is 1. The molecule has 3 N–H and O–H groups in total. The minimum Gasteiger partial charge on any atom is -0.369 e. The van der Waals surface area contributed by atoms with Crippen molar-refractivity contribution in [1.29, 1.82) is 0 Å². The van der Waals surface area contributed by atoms with Gasteiger partial charge in [0, 0.05) is 5.56 Å². The predicted octanol–water partition coefficient (Wildman–Crippen LogP) is 0.409. The zero-order valence-corrected chi connectivity index (χ0v) is 10.1. The number of primary amides is 1. The molecule has 0 saturated heterocycles. The van der Waals surface area contributed by atoms with Crippen molar-refractivity contribution in [2.75, 3.05) is 5.75 Å². The summed E-state index contributed by atoms with van der Waals surface area (Å²) < 4.78 is 0. The van der Waals surface area contributed by atoms with Crippen LogP contribution in [0.5, 0.6) is 0 Å². The van der Waals surface area contributed by atoms with E-state index in [1.54, 1.807) is 12.1 Å². The van der Waals surface area contributed by atoms with Crippen molar-refractivity contribution in [2.24, 2.45) is 5.73 Å². The van der Waals surface area contributed by atoms with Crippen LogP contribution in [0.15, 0.2) is 40.3 Å². The normalized spacial score (nSPS) is 10.2. The van der Waals surface area contributed by atoms with Gasteiger partial charge in [-0.2, -0.15) is 0 Å². The third-order valence-electron chi connectivity index (χ3n) is 2.07. The molecule has 2 aromatic rings. The molecule has 1 aromatic heterocycles. The lowest BCUT2D eigenvalue weighted by Gasteiger charge is -2.00. The molecule has 1 amide bonds. The zero-order valence-electron chi connectivity index (χ0n) is 9.29. The Bertz CT molecular complexity index is 612. The van der Waals surface area contributed by atoms with Crippen LogP contribution >= 0.6 is 11.8 Å². The van der Waals surface area contributed by atoms with E-state index in [-0.39, 0.29) is 22.2 Å². The number of H-pyrrole nitrogens is 1. The first kappa shape index (κ1) is 12.3. The highest BCUT2D eigenvalue weighted by molar-refractivity contribution is 7.99. The highest BCUT2D eigenvalue weighted by atomic mass is 32.2. The molecule has 18 heavy (non-hydrogen) atoms. The lowest BCUT2D eigenvalue weighted by atomic mass is 10.2. The number of hydrogen-bond donors (Lipinski definition) is 2. The standard InChI is InChI=1S/C11H10N4O2S/c12-8(16)6-18-11-13-10(17)9(14-15-11)7-4-2-1-3-5-7/h1-5H,6H2,(H2,12,16)(H,13,15,17). The number of hydrogen-bond acceptors (Lipinski definition) is 5. The number of rotatable bonds is 4. The number of nitrogens with zero attached hydrogens (tertiary/aromatic N) is 2. The highest BCUT2D eigenvalue weighted by Crippen LogP contribution is 2.13. The van der Waals surface area contributed by atoms with Crippen LogP contribution in [0.2, 0.25) is 0 Å². The summed E-state index contributed by atoms with van der Waals surface area (Å²) in [5.41, 5.74) is 5.60. The van der Waals surface area contributed by atoms with Gasteiger partial charge in [0.2, 0.25) is 5.91 Å². The number of nitrogens with one attached hydrogen (secondary N) is 1.